The van der Waals surface area contributed by atoms with E-state index >= 15 is 0 Å². The number of carbonyl (C=O) groups is 1. The van der Waals surface area contributed by atoms with Gasteiger partial charge in [0, 0.05) is 18.7 Å². The molecule has 1 saturated heterocycles. The molecule has 1 saturated carbocycles. The van der Waals surface area contributed by atoms with Crippen molar-refractivity contribution in [1.29, 1.82) is 0 Å². The third kappa shape index (κ3) is 3.95. The highest BCUT2D eigenvalue weighted by atomic mass is 16.5. The highest BCUT2D eigenvalue weighted by molar-refractivity contribution is 5.72. The minimum Gasteiger partial charge on any atom is -0.466 e. The van der Waals surface area contributed by atoms with Gasteiger partial charge in [-0.3, -0.25) is 4.79 Å². The SMILES string of the molecule is CCOC(=O)C1CCC(NC2CCCOC2)CC1. The van der Waals surface area contributed by atoms with Crippen molar-refractivity contribution < 1.29 is 14.3 Å². The third-order valence-electron chi connectivity index (χ3n) is 3.98. The van der Waals surface area contributed by atoms with Crippen molar-refractivity contribution in [1.82, 2.24) is 5.32 Å². The average molecular weight is 255 g/mol. The molecule has 1 aliphatic carbocycles. The molecule has 0 aromatic carbocycles. The van der Waals surface area contributed by atoms with Gasteiger partial charge in [-0.05, 0) is 45.4 Å². The molecular weight excluding hydrogens is 230 g/mol. The molecule has 4 nitrogen and oxygen atoms in total. The van der Waals surface area contributed by atoms with Gasteiger partial charge < -0.3 is 14.8 Å². The van der Waals surface area contributed by atoms with Crippen LogP contribution in [0, 0.1) is 5.92 Å². The zero-order valence-electron chi connectivity index (χ0n) is 11.3. The molecule has 0 spiro atoms. The molecule has 2 fully saturated rings. The van der Waals surface area contributed by atoms with Gasteiger partial charge in [0.1, 0.15) is 0 Å². The molecule has 2 aliphatic rings. The lowest BCUT2D eigenvalue weighted by molar-refractivity contribution is -0.149. The maximum atomic E-state index is 11.6. The summed E-state index contributed by atoms with van der Waals surface area (Å²) >= 11 is 0. The van der Waals surface area contributed by atoms with Gasteiger partial charge >= 0.3 is 5.97 Å². The molecule has 1 atom stereocenters. The van der Waals surface area contributed by atoms with E-state index in [2.05, 4.69) is 5.32 Å². The van der Waals surface area contributed by atoms with Crippen molar-refractivity contribution in [3.8, 4) is 0 Å². The van der Waals surface area contributed by atoms with Gasteiger partial charge in [-0.1, -0.05) is 0 Å². The predicted molar refractivity (Wildman–Crippen MR) is 69.4 cm³/mol. The van der Waals surface area contributed by atoms with Crippen LogP contribution in [-0.2, 0) is 14.3 Å². The summed E-state index contributed by atoms with van der Waals surface area (Å²) in [4.78, 5) is 11.6. The summed E-state index contributed by atoms with van der Waals surface area (Å²) in [6, 6.07) is 1.07. The maximum Gasteiger partial charge on any atom is 0.308 e. The topological polar surface area (TPSA) is 47.6 Å². The fourth-order valence-corrected chi connectivity index (χ4v) is 2.96. The Morgan fingerprint density at radius 2 is 2.00 bits per heavy atom. The summed E-state index contributed by atoms with van der Waals surface area (Å²) in [5.41, 5.74) is 0. The maximum absolute atomic E-state index is 11.6. The lowest BCUT2D eigenvalue weighted by Crippen LogP contribution is -2.45. The normalized spacial score (nSPS) is 33.1. The number of rotatable bonds is 4. The largest absolute Gasteiger partial charge is 0.466 e. The Morgan fingerprint density at radius 1 is 1.22 bits per heavy atom. The summed E-state index contributed by atoms with van der Waals surface area (Å²) in [5.74, 6) is 0.127. The quantitative estimate of drug-likeness (QED) is 0.779. The van der Waals surface area contributed by atoms with Crippen molar-refractivity contribution >= 4 is 5.97 Å². The summed E-state index contributed by atoms with van der Waals surface area (Å²) in [6.45, 7) is 4.12. The first-order chi connectivity index (χ1) is 8.79. The van der Waals surface area contributed by atoms with E-state index in [1.165, 1.54) is 6.42 Å². The van der Waals surface area contributed by atoms with Crippen LogP contribution >= 0.6 is 0 Å². The molecule has 0 radical (unpaired) electrons. The number of hydrogen-bond donors (Lipinski definition) is 1. The molecule has 0 bridgehead atoms. The second-order valence-electron chi connectivity index (χ2n) is 5.38. The Labute approximate surface area is 109 Å². The molecule has 0 aromatic rings. The Balaban J connectivity index is 1.68. The average Bonchev–Trinajstić information content (AvgIpc) is 2.41. The van der Waals surface area contributed by atoms with Crippen molar-refractivity contribution in [2.24, 2.45) is 5.92 Å². The second-order valence-corrected chi connectivity index (χ2v) is 5.38. The minimum atomic E-state index is -0.00282. The van der Waals surface area contributed by atoms with Gasteiger partial charge in [-0.2, -0.15) is 0 Å². The van der Waals surface area contributed by atoms with Gasteiger partial charge in [0.2, 0.25) is 0 Å². The molecule has 2 rings (SSSR count). The van der Waals surface area contributed by atoms with Crippen LogP contribution in [0.25, 0.3) is 0 Å². The van der Waals surface area contributed by atoms with Crippen LogP contribution in [0.1, 0.15) is 45.4 Å². The van der Waals surface area contributed by atoms with Crippen molar-refractivity contribution in [3.63, 3.8) is 0 Å². The highest BCUT2D eigenvalue weighted by Crippen LogP contribution is 2.26. The van der Waals surface area contributed by atoms with E-state index in [9.17, 15) is 4.79 Å². The first-order valence-corrected chi connectivity index (χ1v) is 7.30. The number of hydrogen-bond acceptors (Lipinski definition) is 4. The Hall–Kier alpha value is -0.610. The molecule has 0 aromatic heterocycles. The molecule has 0 amide bonds. The zero-order chi connectivity index (χ0) is 12.8. The molecule has 1 heterocycles. The van der Waals surface area contributed by atoms with Gasteiger partial charge in [-0.15, -0.1) is 0 Å². The second kappa shape index (κ2) is 7.10. The van der Waals surface area contributed by atoms with Crippen LogP contribution in [0.3, 0.4) is 0 Å². The monoisotopic (exact) mass is 255 g/mol. The number of nitrogens with one attached hydrogen (secondary N) is 1. The van der Waals surface area contributed by atoms with Gasteiger partial charge in [-0.25, -0.2) is 0 Å². The van der Waals surface area contributed by atoms with E-state index in [4.69, 9.17) is 9.47 Å². The van der Waals surface area contributed by atoms with E-state index in [1.807, 2.05) is 6.92 Å². The number of ether oxygens (including phenoxy) is 2. The van der Waals surface area contributed by atoms with E-state index in [1.54, 1.807) is 0 Å². The van der Waals surface area contributed by atoms with E-state index in [0.29, 0.717) is 18.7 Å². The Bertz CT molecular complexity index is 256. The molecule has 18 heavy (non-hydrogen) atoms. The molecule has 1 unspecified atom stereocenters. The lowest BCUT2D eigenvalue weighted by atomic mass is 9.85. The lowest BCUT2D eigenvalue weighted by Gasteiger charge is -2.32. The van der Waals surface area contributed by atoms with E-state index in [-0.39, 0.29) is 11.9 Å². The van der Waals surface area contributed by atoms with Crippen LogP contribution in [-0.4, -0.2) is 37.9 Å². The van der Waals surface area contributed by atoms with Gasteiger partial charge in [0.25, 0.3) is 0 Å². The van der Waals surface area contributed by atoms with Crippen LogP contribution in [0.15, 0.2) is 0 Å². The smallest absolute Gasteiger partial charge is 0.308 e. The standard InChI is InChI=1S/C14H25NO3/c1-2-18-14(16)11-5-7-12(8-6-11)15-13-4-3-9-17-10-13/h11-13,15H,2-10H2,1H3. The number of esters is 1. The summed E-state index contributed by atoms with van der Waals surface area (Å²) in [7, 11) is 0. The zero-order valence-corrected chi connectivity index (χ0v) is 11.3. The first-order valence-electron chi connectivity index (χ1n) is 7.30. The summed E-state index contributed by atoms with van der Waals surface area (Å²) in [5, 5.41) is 3.67. The summed E-state index contributed by atoms with van der Waals surface area (Å²) in [6.07, 6.45) is 6.47. The highest BCUT2D eigenvalue weighted by Gasteiger charge is 2.28. The Morgan fingerprint density at radius 3 is 2.61 bits per heavy atom. The van der Waals surface area contributed by atoms with Crippen LogP contribution in [0.5, 0.6) is 0 Å². The van der Waals surface area contributed by atoms with Gasteiger partial charge in [0.05, 0.1) is 19.1 Å². The summed E-state index contributed by atoms with van der Waals surface area (Å²) < 4.78 is 10.6. The Kier molecular flexibility index (Phi) is 5.45. The molecule has 1 aliphatic heterocycles. The van der Waals surface area contributed by atoms with Crippen LogP contribution in [0.2, 0.25) is 0 Å². The van der Waals surface area contributed by atoms with Gasteiger partial charge in [0.15, 0.2) is 0 Å². The first kappa shape index (κ1) is 13.8. The predicted octanol–water partition coefficient (Wildman–Crippen LogP) is 1.88. The molecule has 1 N–H and O–H groups in total. The van der Waals surface area contributed by atoms with E-state index in [0.717, 1.165) is 45.3 Å². The van der Waals surface area contributed by atoms with E-state index < -0.39 is 0 Å². The molecule has 104 valence electrons. The fourth-order valence-electron chi connectivity index (χ4n) is 2.96. The molecule has 4 heteroatoms. The van der Waals surface area contributed by atoms with Crippen LogP contribution < -0.4 is 5.32 Å². The van der Waals surface area contributed by atoms with Crippen molar-refractivity contribution in [2.75, 3.05) is 19.8 Å². The third-order valence-corrected chi connectivity index (χ3v) is 3.98. The number of carbonyl (C=O) groups excluding carboxylic acids is 1. The fraction of sp³-hybridized carbons (Fsp3) is 0.929. The van der Waals surface area contributed by atoms with Crippen molar-refractivity contribution in [3.05, 3.63) is 0 Å². The molecular formula is C14H25NO3. The minimum absolute atomic E-state index is 0.00282. The van der Waals surface area contributed by atoms with Crippen molar-refractivity contribution in [2.45, 2.75) is 57.5 Å². The van der Waals surface area contributed by atoms with Crippen LogP contribution in [0.4, 0.5) is 0 Å².